The second-order valence-electron chi connectivity index (χ2n) is 7.50. The number of benzene rings is 3. The van der Waals surface area contributed by atoms with Crippen LogP contribution in [0.1, 0.15) is 17.2 Å². The molecule has 1 fully saturated rings. The number of halogens is 1. The zero-order valence-electron chi connectivity index (χ0n) is 16.9. The number of rotatable bonds is 6. The van der Waals surface area contributed by atoms with Crippen LogP contribution in [0.25, 0.3) is 0 Å². The van der Waals surface area contributed by atoms with Crippen LogP contribution in [0.5, 0.6) is 0 Å². The van der Waals surface area contributed by atoms with E-state index in [4.69, 9.17) is 0 Å². The lowest BCUT2D eigenvalue weighted by atomic mass is 9.96. The molecule has 4 rings (SSSR count). The molecule has 3 aromatic rings. The van der Waals surface area contributed by atoms with Gasteiger partial charge >= 0.3 is 0 Å². The van der Waals surface area contributed by atoms with Crippen LogP contribution in [0.2, 0.25) is 0 Å². The minimum atomic E-state index is -0.283. The number of anilines is 1. The average molecular weight is 404 g/mol. The van der Waals surface area contributed by atoms with E-state index in [0.29, 0.717) is 13.1 Å². The summed E-state index contributed by atoms with van der Waals surface area (Å²) in [5, 5.41) is 3.08. The lowest BCUT2D eigenvalue weighted by Gasteiger charge is -2.39. The first-order valence-electron chi connectivity index (χ1n) is 10.3. The van der Waals surface area contributed by atoms with Crippen LogP contribution in [0.3, 0.4) is 0 Å². The molecule has 0 spiro atoms. The van der Waals surface area contributed by atoms with Crippen LogP contribution in [0.15, 0.2) is 84.9 Å². The molecule has 30 heavy (non-hydrogen) atoms. The molecule has 1 aliphatic rings. The van der Waals surface area contributed by atoms with Gasteiger partial charge in [0.2, 0.25) is 5.91 Å². The van der Waals surface area contributed by atoms with Gasteiger partial charge in [0.25, 0.3) is 0 Å². The van der Waals surface area contributed by atoms with Crippen LogP contribution in [-0.4, -0.2) is 48.4 Å². The Balaban J connectivity index is 1.38. The number of nitrogens with zero attached hydrogens (tertiary/aromatic N) is 2. The summed E-state index contributed by atoms with van der Waals surface area (Å²) in [7, 11) is 0. The highest BCUT2D eigenvalue weighted by Crippen LogP contribution is 2.29. The Bertz CT molecular complexity index is 900. The van der Waals surface area contributed by atoms with Crippen molar-refractivity contribution in [1.82, 2.24) is 9.80 Å². The lowest BCUT2D eigenvalue weighted by molar-refractivity contribution is -0.131. The summed E-state index contributed by atoms with van der Waals surface area (Å²) < 4.78 is 13.0. The molecule has 1 amide bonds. The summed E-state index contributed by atoms with van der Waals surface area (Å²) >= 11 is 0. The van der Waals surface area contributed by atoms with E-state index < -0.39 is 0 Å². The second-order valence-corrected chi connectivity index (χ2v) is 7.50. The number of hydrogen-bond acceptors (Lipinski definition) is 3. The minimum Gasteiger partial charge on any atom is -0.376 e. The molecule has 5 heteroatoms. The van der Waals surface area contributed by atoms with Gasteiger partial charge in [-0.05, 0) is 35.4 Å². The van der Waals surface area contributed by atoms with Gasteiger partial charge in [-0.2, -0.15) is 0 Å². The molecule has 154 valence electrons. The van der Waals surface area contributed by atoms with Crippen molar-refractivity contribution >= 4 is 11.6 Å². The van der Waals surface area contributed by atoms with Crippen molar-refractivity contribution in [2.24, 2.45) is 0 Å². The largest absolute Gasteiger partial charge is 0.376 e. The van der Waals surface area contributed by atoms with E-state index in [-0.39, 0.29) is 24.3 Å². The number of piperazine rings is 1. The van der Waals surface area contributed by atoms with Crippen LogP contribution in [0.4, 0.5) is 10.1 Å². The van der Waals surface area contributed by atoms with Crippen molar-refractivity contribution < 1.29 is 9.18 Å². The molecule has 0 unspecified atom stereocenters. The SMILES string of the molecule is O=C(CNc1ccc(F)cc1)N1CCN(C(c2ccccc2)c2ccccc2)CC1. The van der Waals surface area contributed by atoms with E-state index in [0.717, 1.165) is 18.8 Å². The molecular formula is C25H26FN3O. The van der Waals surface area contributed by atoms with Crippen LogP contribution >= 0.6 is 0 Å². The summed E-state index contributed by atoms with van der Waals surface area (Å²) in [6.07, 6.45) is 0. The Morgan fingerprint density at radius 2 is 1.33 bits per heavy atom. The molecular weight excluding hydrogens is 377 g/mol. The smallest absolute Gasteiger partial charge is 0.241 e. The lowest BCUT2D eigenvalue weighted by Crippen LogP contribution is -2.51. The third kappa shape index (κ3) is 4.86. The van der Waals surface area contributed by atoms with Crippen LogP contribution in [-0.2, 0) is 4.79 Å². The summed E-state index contributed by atoms with van der Waals surface area (Å²) in [6, 6.07) is 27.3. The normalized spacial score (nSPS) is 14.7. The van der Waals surface area contributed by atoms with Gasteiger partial charge in [0, 0.05) is 31.9 Å². The van der Waals surface area contributed by atoms with Gasteiger partial charge in [-0.3, -0.25) is 9.69 Å². The Labute approximate surface area is 176 Å². The zero-order chi connectivity index (χ0) is 20.8. The van der Waals surface area contributed by atoms with Crippen LogP contribution < -0.4 is 5.32 Å². The summed E-state index contributed by atoms with van der Waals surface area (Å²) in [5.74, 6) is -0.218. The van der Waals surface area contributed by atoms with Crippen molar-refractivity contribution in [3.63, 3.8) is 0 Å². The van der Waals surface area contributed by atoms with Gasteiger partial charge in [0.1, 0.15) is 5.82 Å². The fraction of sp³-hybridized carbons (Fsp3) is 0.240. The maximum absolute atomic E-state index is 13.0. The molecule has 1 aliphatic heterocycles. The number of carbonyl (C=O) groups is 1. The molecule has 0 radical (unpaired) electrons. The van der Waals surface area contributed by atoms with Crippen molar-refractivity contribution in [1.29, 1.82) is 0 Å². The molecule has 0 atom stereocenters. The van der Waals surface area contributed by atoms with Gasteiger partial charge in [0.05, 0.1) is 12.6 Å². The topological polar surface area (TPSA) is 35.6 Å². The monoisotopic (exact) mass is 403 g/mol. The molecule has 1 saturated heterocycles. The first-order chi connectivity index (χ1) is 14.7. The predicted molar refractivity (Wildman–Crippen MR) is 118 cm³/mol. The third-order valence-electron chi connectivity index (χ3n) is 5.55. The number of hydrogen-bond donors (Lipinski definition) is 1. The first-order valence-corrected chi connectivity index (χ1v) is 10.3. The maximum atomic E-state index is 13.0. The fourth-order valence-electron chi connectivity index (χ4n) is 3.97. The highest BCUT2D eigenvalue weighted by molar-refractivity contribution is 5.81. The van der Waals surface area contributed by atoms with E-state index in [1.165, 1.54) is 23.3 Å². The average Bonchev–Trinajstić information content (AvgIpc) is 2.81. The number of carbonyl (C=O) groups excluding carboxylic acids is 1. The van der Waals surface area contributed by atoms with E-state index in [2.05, 4.69) is 58.7 Å². The van der Waals surface area contributed by atoms with Gasteiger partial charge in [-0.25, -0.2) is 4.39 Å². The molecule has 0 aliphatic carbocycles. The summed E-state index contributed by atoms with van der Waals surface area (Å²) in [4.78, 5) is 17.0. The Morgan fingerprint density at radius 1 is 0.800 bits per heavy atom. The third-order valence-corrected chi connectivity index (χ3v) is 5.55. The highest BCUT2D eigenvalue weighted by atomic mass is 19.1. The zero-order valence-corrected chi connectivity index (χ0v) is 16.9. The van der Waals surface area contributed by atoms with Crippen molar-refractivity contribution in [3.8, 4) is 0 Å². The molecule has 1 heterocycles. The number of nitrogens with one attached hydrogen (secondary N) is 1. The fourth-order valence-corrected chi connectivity index (χ4v) is 3.97. The van der Waals surface area contributed by atoms with Crippen molar-refractivity contribution in [2.45, 2.75) is 6.04 Å². The predicted octanol–water partition coefficient (Wildman–Crippen LogP) is 4.17. The molecule has 0 bridgehead atoms. The van der Waals surface area contributed by atoms with Gasteiger partial charge in [0.15, 0.2) is 0 Å². The Kier molecular flexibility index (Phi) is 6.40. The Morgan fingerprint density at radius 3 is 1.87 bits per heavy atom. The quantitative estimate of drug-likeness (QED) is 0.671. The molecule has 0 aromatic heterocycles. The minimum absolute atomic E-state index is 0.0648. The van der Waals surface area contributed by atoms with Crippen molar-refractivity contribution in [2.75, 3.05) is 38.0 Å². The first kappa shape index (κ1) is 20.1. The van der Waals surface area contributed by atoms with E-state index in [9.17, 15) is 9.18 Å². The van der Waals surface area contributed by atoms with Crippen molar-refractivity contribution in [3.05, 3.63) is 102 Å². The van der Waals surface area contributed by atoms with E-state index in [1.54, 1.807) is 12.1 Å². The molecule has 4 nitrogen and oxygen atoms in total. The Hall–Kier alpha value is -3.18. The van der Waals surface area contributed by atoms with Crippen LogP contribution in [0, 0.1) is 5.82 Å². The standard InChI is InChI=1S/C25H26FN3O/c26-22-11-13-23(14-12-22)27-19-24(30)28-15-17-29(18-16-28)25(20-7-3-1-4-8-20)21-9-5-2-6-10-21/h1-14,25,27H,15-19H2. The highest BCUT2D eigenvalue weighted by Gasteiger charge is 2.27. The molecule has 3 aromatic carbocycles. The molecule has 0 saturated carbocycles. The summed E-state index contributed by atoms with van der Waals surface area (Å²) in [6.45, 7) is 3.24. The van der Waals surface area contributed by atoms with Gasteiger partial charge in [-0.1, -0.05) is 60.7 Å². The number of amides is 1. The van der Waals surface area contributed by atoms with Gasteiger partial charge < -0.3 is 10.2 Å². The second kappa shape index (κ2) is 9.55. The summed E-state index contributed by atoms with van der Waals surface area (Å²) in [5.41, 5.74) is 3.28. The van der Waals surface area contributed by atoms with E-state index >= 15 is 0 Å². The molecule has 1 N–H and O–H groups in total. The maximum Gasteiger partial charge on any atom is 0.241 e. The van der Waals surface area contributed by atoms with Gasteiger partial charge in [-0.15, -0.1) is 0 Å². The van der Waals surface area contributed by atoms with E-state index in [1.807, 2.05) is 17.0 Å².